The fourth-order valence-electron chi connectivity index (χ4n) is 0.861. The molecule has 0 aliphatic carbocycles. The predicted octanol–water partition coefficient (Wildman–Crippen LogP) is 2.51. The Hall–Kier alpha value is -1.30. The highest BCUT2D eigenvalue weighted by atomic mass is 35.5. The Morgan fingerprint density at radius 1 is 1.57 bits per heavy atom. The quantitative estimate of drug-likeness (QED) is 0.787. The zero-order chi connectivity index (χ0) is 10.9. The number of hydrogen-bond acceptors (Lipinski definition) is 2. The van der Waals surface area contributed by atoms with Crippen molar-refractivity contribution in [2.45, 2.75) is 6.43 Å². The van der Waals surface area contributed by atoms with Crippen LogP contribution in [0, 0.1) is 5.82 Å². The molecule has 7 heteroatoms. The van der Waals surface area contributed by atoms with Crippen LogP contribution in [0.5, 0.6) is 0 Å². The van der Waals surface area contributed by atoms with Gasteiger partial charge in [0.1, 0.15) is 0 Å². The molecule has 0 bridgehead atoms. The van der Waals surface area contributed by atoms with Crippen LogP contribution < -0.4 is 0 Å². The zero-order valence-corrected chi connectivity index (χ0v) is 7.23. The van der Waals surface area contributed by atoms with Gasteiger partial charge in [0.25, 0.3) is 6.43 Å². The summed E-state index contributed by atoms with van der Waals surface area (Å²) in [4.78, 5) is 13.5. The minimum Gasteiger partial charge on any atom is -0.478 e. The van der Waals surface area contributed by atoms with Crippen molar-refractivity contribution in [3.8, 4) is 0 Å². The van der Waals surface area contributed by atoms with Crippen LogP contribution in [0.3, 0.4) is 0 Å². The number of aromatic carboxylic acids is 1. The van der Waals surface area contributed by atoms with Crippen molar-refractivity contribution in [3.05, 3.63) is 28.3 Å². The maximum Gasteiger partial charge on any atom is 0.337 e. The largest absolute Gasteiger partial charge is 0.478 e. The Bertz CT molecular complexity index is 383. The van der Waals surface area contributed by atoms with E-state index in [9.17, 15) is 18.0 Å². The van der Waals surface area contributed by atoms with Crippen molar-refractivity contribution in [2.75, 3.05) is 0 Å². The first-order valence-electron chi connectivity index (χ1n) is 3.30. The van der Waals surface area contributed by atoms with Gasteiger partial charge in [0.15, 0.2) is 11.0 Å². The number of rotatable bonds is 2. The van der Waals surface area contributed by atoms with Crippen molar-refractivity contribution < 1.29 is 23.1 Å². The van der Waals surface area contributed by atoms with E-state index in [1.807, 2.05) is 0 Å². The molecule has 0 saturated heterocycles. The molecule has 0 unspecified atom stereocenters. The fraction of sp³-hybridized carbons (Fsp3) is 0.143. The second-order valence-electron chi connectivity index (χ2n) is 2.30. The number of carboxylic acid groups (broad SMARTS) is 1. The minimum absolute atomic E-state index is 0.592. The molecular weight excluding hydrogens is 223 g/mol. The maximum atomic E-state index is 12.9. The summed E-state index contributed by atoms with van der Waals surface area (Å²) in [6.45, 7) is 0. The van der Waals surface area contributed by atoms with Crippen LogP contribution in [-0.4, -0.2) is 16.1 Å². The second-order valence-corrected chi connectivity index (χ2v) is 2.65. The molecule has 1 N–H and O–H groups in total. The van der Waals surface area contributed by atoms with Gasteiger partial charge in [-0.25, -0.2) is 22.9 Å². The van der Waals surface area contributed by atoms with Gasteiger partial charge in [-0.2, -0.15) is 0 Å². The maximum absolute atomic E-state index is 12.9. The van der Waals surface area contributed by atoms with Gasteiger partial charge in [0, 0.05) is 6.20 Å². The first-order valence-corrected chi connectivity index (χ1v) is 3.68. The first-order chi connectivity index (χ1) is 6.45. The molecule has 0 amide bonds. The van der Waals surface area contributed by atoms with Gasteiger partial charge >= 0.3 is 5.97 Å². The van der Waals surface area contributed by atoms with Crippen molar-refractivity contribution in [1.29, 1.82) is 0 Å². The number of nitrogens with zero attached hydrogens (tertiary/aromatic N) is 1. The minimum atomic E-state index is -3.25. The van der Waals surface area contributed by atoms with Gasteiger partial charge in [-0.15, -0.1) is 0 Å². The summed E-state index contributed by atoms with van der Waals surface area (Å²) < 4.78 is 37.4. The summed E-state index contributed by atoms with van der Waals surface area (Å²) in [5, 5.41) is 7.67. The van der Waals surface area contributed by atoms with Crippen molar-refractivity contribution >= 4 is 17.6 Å². The third-order valence-corrected chi connectivity index (χ3v) is 1.73. The average Bonchev–Trinajstić information content (AvgIpc) is 2.08. The van der Waals surface area contributed by atoms with E-state index in [2.05, 4.69) is 4.98 Å². The zero-order valence-electron chi connectivity index (χ0n) is 6.47. The van der Waals surface area contributed by atoms with E-state index in [1.165, 1.54) is 0 Å². The molecule has 0 aliphatic rings. The predicted molar refractivity (Wildman–Crippen MR) is 41.1 cm³/mol. The topological polar surface area (TPSA) is 50.2 Å². The lowest BCUT2D eigenvalue weighted by Crippen LogP contribution is -2.07. The molecule has 0 spiro atoms. The molecule has 1 rings (SSSR count). The highest BCUT2D eigenvalue weighted by molar-refractivity contribution is 6.29. The van der Waals surface area contributed by atoms with Crippen LogP contribution in [0.2, 0.25) is 5.15 Å². The number of carbonyl (C=O) groups is 1. The van der Waals surface area contributed by atoms with Gasteiger partial charge < -0.3 is 5.11 Å². The molecule has 1 aromatic heterocycles. The molecule has 0 aliphatic heterocycles. The van der Waals surface area contributed by atoms with Crippen LogP contribution in [0.1, 0.15) is 22.3 Å². The number of carboxylic acids is 1. The molecule has 76 valence electrons. The molecule has 1 heterocycles. The molecule has 0 radical (unpaired) electrons. The van der Waals surface area contributed by atoms with Crippen LogP contribution in [0.25, 0.3) is 0 Å². The molecular formula is C7H3ClF3NO2. The third kappa shape index (κ3) is 1.79. The Morgan fingerprint density at radius 3 is 2.57 bits per heavy atom. The average molecular weight is 226 g/mol. The standard InChI is InChI=1S/C7H3ClF3NO2/c8-5-4(9)3(6(10)11)2(1-12-5)7(13)14/h1,6H,(H,13,14). The van der Waals surface area contributed by atoms with E-state index in [1.54, 1.807) is 0 Å². The van der Waals surface area contributed by atoms with Gasteiger partial charge in [0.2, 0.25) is 0 Å². The number of alkyl halides is 2. The highest BCUT2D eigenvalue weighted by Crippen LogP contribution is 2.28. The van der Waals surface area contributed by atoms with Crippen LogP contribution >= 0.6 is 11.6 Å². The Morgan fingerprint density at radius 2 is 2.14 bits per heavy atom. The number of pyridine rings is 1. The van der Waals surface area contributed by atoms with Crippen molar-refractivity contribution in [3.63, 3.8) is 0 Å². The van der Waals surface area contributed by atoms with Crippen LogP contribution in [0.15, 0.2) is 6.20 Å². The highest BCUT2D eigenvalue weighted by Gasteiger charge is 2.25. The Balaban J connectivity index is 3.45. The monoisotopic (exact) mass is 225 g/mol. The van der Waals surface area contributed by atoms with Gasteiger partial charge in [-0.3, -0.25) is 0 Å². The van der Waals surface area contributed by atoms with Gasteiger partial charge in [-0.05, 0) is 0 Å². The Kier molecular flexibility index (Phi) is 2.95. The normalized spacial score (nSPS) is 10.6. The molecule has 0 aromatic carbocycles. The fourth-order valence-corrected chi connectivity index (χ4v) is 1.01. The van der Waals surface area contributed by atoms with E-state index in [0.29, 0.717) is 6.20 Å². The summed E-state index contributed by atoms with van der Waals surface area (Å²) in [5.41, 5.74) is -2.13. The summed E-state index contributed by atoms with van der Waals surface area (Å²) in [6, 6.07) is 0. The lowest BCUT2D eigenvalue weighted by molar-refractivity contribution is 0.0681. The van der Waals surface area contributed by atoms with Gasteiger partial charge in [-0.1, -0.05) is 11.6 Å². The molecule has 14 heavy (non-hydrogen) atoms. The second kappa shape index (κ2) is 3.83. The lowest BCUT2D eigenvalue weighted by atomic mass is 10.1. The summed E-state index contributed by atoms with van der Waals surface area (Å²) in [6.07, 6.45) is -2.66. The number of aromatic nitrogens is 1. The molecule has 0 saturated carbocycles. The van der Waals surface area contributed by atoms with Crippen LogP contribution in [0.4, 0.5) is 13.2 Å². The molecule has 3 nitrogen and oxygen atoms in total. The smallest absolute Gasteiger partial charge is 0.337 e. The number of hydrogen-bond donors (Lipinski definition) is 1. The SMILES string of the molecule is O=C(O)c1cnc(Cl)c(F)c1C(F)F. The van der Waals surface area contributed by atoms with Crippen molar-refractivity contribution in [2.24, 2.45) is 0 Å². The molecule has 1 aromatic rings. The summed E-state index contributed by atoms with van der Waals surface area (Å²) in [7, 11) is 0. The van der Waals surface area contributed by atoms with Crippen LogP contribution in [-0.2, 0) is 0 Å². The van der Waals surface area contributed by atoms with E-state index < -0.39 is 34.5 Å². The molecule has 0 fully saturated rings. The van der Waals surface area contributed by atoms with E-state index >= 15 is 0 Å². The molecule has 0 atom stereocenters. The van der Waals surface area contributed by atoms with E-state index in [4.69, 9.17) is 16.7 Å². The lowest BCUT2D eigenvalue weighted by Gasteiger charge is -2.06. The van der Waals surface area contributed by atoms with E-state index in [-0.39, 0.29) is 0 Å². The first kappa shape index (κ1) is 10.8. The Labute approximate surface area is 81.1 Å². The van der Waals surface area contributed by atoms with Crippen molar-refractivity contribution in [1.82, 2.24) is 4.98 Å². The van der Waals surface area contributed by atoms with E-state index in [0.717, 1.165) is 0 Å². The summed E-state index contributed by atoms with van der Waals surface area (Å²) in [5.74, 6) is -3.18. The summed E-state index contributed by atoms with van der Waals surface area (Å²) >= 11 is 5.12. The van der Waals surface area contributed by atoms with Gasteiger partial charge in [0.05, 0.1) is 11.1 Å². The number of halogens is 4. The third-order valence-electron chi connectivity index (χ3n) is 1.46.